The van der Waals surface area contributed by atoms with Gasteiger partial charge in [0.25, 0.3) is 5.91 Å². The Balaban J connectivity index is 1.96. The largest absolute Gasteiger partial charge is 0.504 e. The summed E-state index contributed by atoms with van der Waals surface area (Å²) < 4.78 is 37.4. The quantitative estimate of drug-likeness (QED) is 0.457. The van der Waals surface area contributed by atoms with Gasteiger partial charge in [0.2, 0.25) is 9.84 Å². The van der Waals surface area contributed by atoms with Crippen LogP contribution in [0.2, 0.25) is 0 Å². The predicted molar refractivity (Wildman–Crippen MR) is 131 cm³/mol. The molecule has 2 N–H and O–H groups in total. The van der Waals surface area contributed by atoms with Gasteiger partial charge in [0, 0.05) is 0 Å². The molecular formula is C24H22N2O8S2. The van der Waals surface area contributed by atoms with Crippen LogP contribution in [0, 0.1) is 13.8 Å². The smallest absolute Gasteiger partial charge is 0.350 e. The van der Waals surface area contributed by atoms with Crippen LogP contribution >= 0.6 is 11.3 Å². The van der Waals surface area contributed by atoms with Gasteiger partial charge < -0.3 is 19.7 Å². The summed E-state index contributed by atoms with van der Waals surface area (Å²) in [5.74, 6) is -2.83. The van der Waals surface area contributed by atoms with Gasteiger partial charge in [0.1, 0.15) is 15.8 Å². The molecule has 1 aliphatic heterocycles. The Morgan fingerprint density at radius 2 is 1.75 bits per heavy atom. The van der Waals surface area contributed by atoms with Gasteiger partial charge in [-0.15, -0.1) is 0 Å². The third-order valence-electron chi connectivity index (χ3n) is 5.66. The number of aliphatic hydroxyl groups excluding tert-OH is 1. The van der Waals surface area contributed by atoms with Crippen LogP contribution in [-0.4, -0.2) is 49.7 Å². The summed E-state index contributed by atoms with van der Waals surface area (Å²) in [5, 5.41) is 21.0. The van der Waals surface area contributed by atoms with Crippen LogP contribution in [0.1, 0.15) is 32.5 Å². The Morgan fingerprint density at radius 3 is 2.36 bits per heavy atom. The van der Waals surface area contributed by atoms with Crippen LogP contribution < -0.4 is 9.64 Å². The predicted octanol–water partition coefficient (Wildman–Crippen LogP) is 3.59. The molecule has 1 aliphatic rings. The molecule has 10 nitrogen and oxygen atoms in total. The number of thiazole rings is 1. The Morgan fingerprint density at radius 1 is 1.08 bits per heavy atom. The molecule has 3 aromatic rings. The molecule has 188 valence electrons. The first-order valence-corrected chi connectivity index (χ1v) is 12.8. The minimum atomic E-state index is -4.38. The fourth-order valence-corrected chi connectivity index (χ4v) is 6.47. The van der Waals surface area contributed by atoms with Crippen molar-refractivity contribution in [3.05, 3.63) is 74.8 Å². The van der Waals surface area contributed by atoms with E-state index in [0.29, 0.717) is 0 Å². The Labute approximate surface area is 211 Å². The van der Waals surface area contributed by atoms with Gasteiger partial charge >= 0.3 is 5.97 Å². The van der Waals surface area contributed by atoms with Crippen LogP contribution in [0.15, 0.2) is 58.0 Å². The van der Waals surface area contributed by atoms with Gasteiger partial charge in [-0.05, 0) is 43.7 Å². The standard InChI is InChI=1S/C24H22N2O8S2/c1-12-5-8-15(9-6-12)36(31,32)21-18(14-7-10-16(27)17(11-14)33-3)26(22(29)19(21)28)24-25-13(2)20(35-24)23(30)34-4/h5-11,18,27-28H,1-4H3/t18-/m0/s1. The minimum absolute atomic E-state index is 0.0180. The number of esters is 1. The number of nitrogens with zero attached hydrogens (tertiary/aromatic N) is 2. The lowest BCUT2D eigenvalue weighted by molar-refractivity contribution is -0.117. The van der Waals surface area contributed by atoms with E-state index in [0.717, 1.165) is 21.8 Å². The highest BCUT2D eigenvalue weighted by Crippen LogP contribution is 2.47. The van der Waals surface area contributed by atoms with Crippen LogP contribution in [0.25, 0.3) is 0 Å². The number of ether oxygens (including phenoxy) is 2. The number of aliphatic hydroxyl groups is 1. The van der Waals surface area contributed by atoms with E-state index in [1.807, 2.05) is 0 Å². The third-order valence-corrected chi connectivity index (χ3v) is 8.69. The second-order valence-electron chi connectivity index (χ2n) is 7.94. The number of hydrogen-bond acceptors (Lipinski definition) is 10. The van der Waals surface area contributed by atoms with Crippen molar-refractivity contribution in [3.63, 3.8) is 0 Å². The van der Waals surface area contributed by atoms with Crippen molar-refractivity contribution in [1.29, 1.82) is 0 Å². The van der Waals surface area contributed by atoms with Gasteiger partial charge in [-0.3, -0.25) is 9.69 Å². The van der Waals surface area contributed by atoms with Crippen molar-refractivity contribution in [2.24, 2.45) is 0 Å². The average molecular weight is 531 g/mol. The summed E-state index contributed by atoms with van der Waals surface area (Å²) in [6.45, 7) is 3.34. The Bertz CT molecular complexity index is 1510. The number of phenols is 1. The molecule has 0 fully saturated rings. The molecule has 1 atom stereocenters. The summed E-state index contributed by atoms with van der Waals surface area (Å²) >= 11 is 0.823. The summed E-state index contributed by atoms with van der Waals surface area (Å²) in [7, 11) is -1.86. The molecule has 0 unspecified atom stereocenters. The number of phenolic OH excluding ortho intramolecular Hbond substituents is 1. The maximum atomic E-state index is 13.7. The van der Waals surface area contributed by atoms with E-state index < -0.39 is 38.4 Å². The number of rotatable bonds is 6. The molecule has 1 aromatic heterocycles. The van der Waals surface area contributed by atoms with E-state index in [1.165, 1.54) is 44.6 Å². The van der Waals surface area contributed by atoms with Crippen LogP contribution in [0.4, 0.5) is 5.13 Å². The zero-order valence-electron chi connectivity index (χ0n) is 19.7. The van der Waals surface area contributed by atoms with E-state index in [-0.39, 0.29) is 37.7 Å². The minimum Gasteiger partial charge on any atom is -0.504 e. The van der Waals surface area contributed by atoms with Crippen molar-refractivity contribution >= 4 is 38.2 Å². The molecule has 1 amide bonds. The molecule has 0 aliphatic carbocycles. The van der Waals surface area contributed by atoms with E-state index in [2.05, 4.69) is 4.98 Å². The lowest BCUT2D eigenvalue weighted by Crippen LogP contribution is -2.31. The summed E-state index contributed by atoms with van der Waals surface area (Å²) in [6.07, 6.45) is 0. The van der Waals surface area contributed by atoms with Crippen LogP contribution in [-0.2, 0) is 19.4 Å². The molecule has 36 heavy (non-hydrogen) atoms. The number of aromatic hydroxyl groups is 1. The molecule has 0 spiro atoms. The molecule has 0 saturated heterocycles. The topological polar surface area (TPSA) is 143 Å². The third kappa shape index (κ3) is 4.07. The lowest BCUT2D eigenvalue weighted by Gasteiger charge is -2.25. The second-order valence-corrected chi connectivity index (χ2v) is 10.8. The van der Waals surface area contributed by atoms with Crippen molar-refractivity contribution in [1.82, 2.24) is 4.98 Å². The molecule has 4 rings (SSSR count). The van der Waals surface area contributed by atoms with Crippen molar-refractivity contribution in [2.45, 2.75) is 24.8 Å². The number of benzene rings is 2. The van der Waals surface area contributed by atoms with Crippen LogP contribution in [0.5, 0.6) is 11.5 Å². The van der Waals surface area contributed by atoms with E-state index >= 15 is 0 Å². The number of methoxy groups -OCH3 is 2. The van der Waals surface area contributed by atoms with Crippen LogP contribution in [0.3, 0.4) is 0 Å². The molecule has 2 aromatic carbocycles. The second kappa shape index (κ2) is 9.28. The first kappa shape index (κ1) is 25.2. The normalized spacial score (nSPS) is 15.9. The maximum Gasteiger partial charge on any atom is 0.350 e. The fourth-order valence-electron chi connectivity index (χ4n) is 3.83. The molecule has 12 heteroatoms. The summed E-state index contributed by atoms with van der Waals surface area (Å²) in [6, 6.07) is 8.67. The highest BCUT2D eigenvalue weighted by molar-refractivity contribution is 7.95. The zero-order chi connectivity index (χ0) is 26.4. The van der Waals surface area contributed by atoms with E-state index in [1.54, 1.807) is 26.0 Å². The maximum absolute atomic E-state index is 13.7. The number of sulfone groups is 1. The first-order valence-electron chi connectivity index (χ1n) is 10.5. The monoisotopic (exact) mass is 530 g/mol. The number of aromatic nitrogens is 1. The number of hydrogen-bond donors (Lipinski definition) is 2. The fraction of sp³-hybridized carbons (Fsp3) is 0.208. The highest BCUT2D eigenvalue weighted by Gasteiger charge is 2.49. The number of amides is 1. The average Bonchev–Trinajstić information content (AvgIpc) is 3.36. The SMILES string of the molecule is COC(=O)c1sc(N2C(=O)C(O)=C(S(=O)(=O)c3ccc(C)cc3)[C@@H]2c2ccc(O)c(OC)c2)nc1C. The number of carbonyl (C=O) groups excluding carboxylic acids is 2. The first-order chi connectivity index (χ1) is 17.0. The summed E-state index contributed by atoms with van der Waals surface area (Å²) in [5.41, 5.74) is 1.32. The van der Waals surface area contributed by atoms with Crippen molar-refractivity contribution < 1.29 is 37.7 Å². The number of anilines is 1. The molecule has 0 bridgehead atoms. The van der Waals surface area contributed by atoms with Gasteiger partial charge in [0.15, 0.2) is 22.4 Å². The Kier molecular flexibility index (Phi) is 6.50. The zero-order valence-corrected chi connectivity index (χ0v) is 21.3. The molecule has 0 radical (unpaired) electrons. The van der Waals surface area contributed by atoms with E-state index in [4.69, 9.17) is 9.47 Å². The molecular weight excluding hydrogens is 508 g/mol. The van der Waals surface area contributed by atoms with Gasteiger partial charge in [-0.2, -0.15) is 0 Å². The van der Waals surface area contributed by atoms with Gasteiger partial charge in [-0.25, -0.2) is 18.2 Å². The molecule has 2 heterocycles. The molecule has 0 saturated carbocycles. The number of aryl methyl sites for hydroxylation is 2. The van der Waals surface area contributed by atoms with Gasteiger partial charge in [-0.1, -0.05) is 35.1 Å². The number of carbonyl (C=O) groups is 2. The highest BCUT2D eigenvalue weighted by atomic mass is 32.2. The van der Waals surface area contributed by atoms with Gasteiger partial charge in [0.05, 0.1) is 24.8 Å². The summed E-state index contributed by atoms with van der Waals surface area (Å²) in [4.78, 5) is 30.2. The van der Waals surface area contributed by atoms with Crippen molar-refractivity contribution in [2.75, 3.05) is 19.1 Å². The lowest BCUT2D eigenvalue weighted by atomic mass is 10.1. The Hall–Kier alpha value is -3.90. The van der Waals surface area contributed by atoms with E-state index in [9.17, 15) is 28.2 Å². The van der Waals surface area contributed by atoms with Crippen molar-refractivity contribution in [3.8, 4) is 11.5 Å².